The van der Waals surface area contributed by atoms with Crippen LogP contribution in [0.15, 0.2) is 0 Å². The number of amides is 1. The first-order valence-electron chi connectivity index (χ1n) is 5.31. The maximum absolute atomic E-state index is 11.5. The van der Waals surface area contributed by atoms with Crippen molar-refractivity contribution in [1.82, 2.24) is 10.3 Å². The van der Waals surface area contributed by atoms with Crippen molar-refractivity contribution >= 4 is 42.1 Å². The lowest BCUT2D eigenvalue weighted by Crippen LogP contribution is -2.49. The third-order valence-electron chi connectivity index (χ3n) is 2.22. The number of rotatable bonds is 4. The molecule has 4 nitrogen and oxygen atoms in total. The number of hydrogen-bond donors (Lipinski definition) is 2. The lowest BCUT2D eigenvalue weighted by Gasteiger charge is -2.17. The number of hydrogen-bond acceptors (Lipinski definition) is 4. The van der Waals surface area contributed by atoms with Gasteiger partial charge in [0.1, 0.15) is 0 Å². The number of halogens is 2. The van der Waals surface area contributed by atoms with Crippen molar-refractivity contribution in [3.63, 3.8) is 0 Å². The summed E-state index contributed by atoms with van der Waals surface area (Å²) in [6.45, 7) is 7.99. The van der Waals surface area contributed by atoms with Crippen molar-refractivity contribution in [3.8, 4) is 0 Å². The van der Waals surface area contributed by atoms with Crippen molar-refractivity contribution in [1.29, 1.82) is 0 Å². The van der Waals surface area contributed by atoms with Crippen LogP contribution in [0.4, 0.5) is 0 Å². The molecule has 0 atom stereocenters. The third kappa shape index (κ3) is 6.00. The molecule has 0 radical (unpaired) electrons. The van der Waals surface area contributed by atoms with E-state index >= 15 is 0 Å². The number of nitrogens with zero attached hydrogens (tertiary/aromatic N) is 1. The second kappa shape index (κ2) is 7.94. The van der Waals surface area contributed by atoms with Crippen LogP contribution < -0.4 is 11.1 Å². The number of aromatic nitrogens is 1. The summed E-state index contributed by atoms with van der Waals surface area (Å²) in [7, 11) is 0. The maximum atomic E-state index is 11.5. The Hall–Kier alpha value is -0.360. The van der Waals surface area contributed by atoms with Crippen molar-refractivity contribution in [3.05, 3.63) is 15.6 Å². The Bertz CT molecular complexity index is 388. The Morgan fingerprint density at radius 1 is 1.39 bits per heavy atom. The van der Waals surface area contributed by atoms with Gasteiger partial charge in [0, 0.05) is 17.8 Å². The number of aryl methyl sites for hydroxylation is 2. The van der Waals surface area contributed by atoms with Crippen LogP contribution in [0.3, 0.4) is 0 Å². The Balaban J connectivity index is 0. The van der Waals surface area contributed by atoms with E-state index in [-0.39, 0.29) is 30.7 Å². The molecule has 0 aromatic carbocycles. The van der Waals surface area contributed by atoms with Gasteiger partial charge in [-0.1, -0.05) is 0 Å². The molecule has 0 spiro atoms. The van der Waals surface area contributed by atoms with Crippen LogP contribution in [0.25, 0.3) is 0 Å². The van der Waals surface area contributed by atoms with Gasteiger partial charge in [-0.2, -0.15) is 0 Å². The predicted molar refractivity (Wildman–Crippen MR) is 81.1 cm³/mol. The predicted octanol–water partition coefficient (Wildman–Crippen LogP) is 2.00. The molecule has 18 heavy (non-hydrogen) atoms. The zero-order chi connectivity index (χ0) is 12.3. The molecule has 1 rings (SSSR count). The second-order valence-electron chi connectivity index (χ2n) is 4.47. The van der Waals surface area contributed by atoms with Crippen LogP contribution >= 0.6 is 36.2 Å². The van der Waals surface area contributed by atoms with E-state index in [1.807, 2.05) is 13.8 Å². The zero-order valence-corrected chi connectivity index (χ0v) is 13.5. The van der Waals surface area contributed by atoms with Crippen molar-refractivity contribution < 1.29 is 4.79 Å². The smallest absolute Gasteiger partial charge is 0.239 e. The maximum Gasteiger partial charge on any atom is 0.239 e. The summed E-state index contributed by atoms with van der Waals surface area (Å²) in [6, 6.07) is 0. The first-order chi connectivity index (χ1) is 7.30. The number of nitrogens with one attached hydrogen (secondary N) is 1. The number of carbonyl (C=O) groups is 1. The van der Waals surface area contributed by atoms with Crippen molar-refractivity contribution in [2.75, 3.05) is 6.54 Å². The zero-order valence-electron chi connectivity index (χ0n) is 11.1. The normalized spacial score (nSPS) is 10.3. The van der Waals surface area contributed by atoms with E-state index < -0.39 is 5.54 Å². The van der Waals surface area contributed by atoms with Gasteiger partial charge in [0.15, 0.2) is 0 Å². The summed E-state index contributed by atoms with van der Waals surface area (Å²) in [5, 5.41) is 3.89. The molecular weight excluding hydrogens is 293 g/mol. The fraction of sp³-hybridized carbons (Fsp3) is 0.636. The molecule has 0 bridgehead atoms. The van der Waals surface area contributed by atoms with Gasteiger partial charge in [-0.3, -0.25) is 4.79 Å². The van der Waals surface area contributed by atoms with E-state index in [1.54, 1.807) is 25.2 Å². The van der Waals surface area contributed by atoms with Gasteiger partial charge in [0.2, 0.25) is 5.91 Å². The molecule has 0 aliphatic rings. The quantitative estimate of drug-likeness (QED) is 0.893. The Labute approximate surface area is 125 Å². The molecule has 0 aliphatic heterocycles. The topological polar surface area (TPSA) is 68.0 Å². The molecule has 0 unspecified atom stereocenters. The summed E-state index contributed by atoms with van der Waals surface area (Å²) in [4.78, 5) is 17.1. The highest BCUT2D eigenvalue weighted by atomic mass is 35.5. The summed E-state index contributed by atoms with van der Waals surface area (Å²) in [5.41, 5.74) is 5.92. The Kier molecular flexibility index (Phi) is 8.81. The minimum absolute atomic E-state index is 0. The monoisotopic (exact) mass is 313 g/mol. The van der Waals surface area contributed by atoms with Crippen LogP contribution in [0.1, 0.15) is 29.4 Å². The molecule has 3 N–H and O–H groups in total. The van der Waals surface area contributed by atoms with E-state index in [4.69, 9.17) is 5.73 Å². The molecule has 0 aliphatic carbocycles. The minimum atomic E-state index is -0.807. The molecule has 1 amide bonds. The third-order valence-corrected chi connectivity index (χ3v) is 3.36. The van der Waals surface area contributed by atoms with Gasteiger partial charge in [-0.15, -0.1) is 36.2 Å². The summed E-state index contributed by atoms with van der Waals surface area (Å²) >= 11 is 1.68. The van der Waals surface area contributed by atoms with Crippen LogP contribution in [0, 0.1) is 13.8 Å². The lowest BCUT2D eigenvalue weighted by atomic mass is 10.1. The standard InChI is InChI=1S/C11H19N3OS.2ClH/c1-7-9(16-8(2)14-7)5-6-13-10(15)11(3,4)12;;/h5-6,12H2,1-4H3,(H,13,15);2*1H. The van der Waals surface area contributed by atoms with Crippen molar-refractivity contribution in [2.24, 2.45) is 5.73 Å². The van der Waals surface area contributed by atoms with E-state index in [9.17, 15) is 4.79 Å². The molecule has 0 fully saturated rings. The summed E-state index contributed by atoms with van der Waals surface area (Å²) in [5.74, 6) is -0.119. The Morgan fingerprint density at radius 3 is 2.33 bits per heavy atom. The SMILES string of the molecule is Cc1nc(C)c(CCNC(=O)C(C)(C)N)s1.Cl.Cl. The van der Waals surface area contributed by atoms with Crippen molar-refractivity contribution in [2.45, 2.75) is 39.7 Å². The first-order valence-corrected chi connectivity index (χ1v) is 6.12. The average Bonchev–Trinajstić information content (AvgIpc) is 2.43. The average molecular weight is 314 g/mol. The summed E-state index contributed by atoms with van der Waals surface area (Å²) in [6.07, 6.45) is 0.819. The van der Waals surface area contributed by atoms with E-state index in [2.05, 4.69) is 10.3 Å². The molecule has 1 heterocycles. The molecule has 7 heteroatoms. The van der Waals surface area contributed by atoms with Gasteiger partial charge < -0.3 is 11.1 Å². The molecule has 106 valence electrons. The fourth-order valence-electron chi connectivity index (χ4n) is 1.32. The van der Waals surface area contributed by atoms with Crippen LogP contribution in [0.5, 0.6) is 0 Å². The van der Waals surface area contributed by atoms with Gasteiger partial charge in [0.25, 0.3) is 0 Å². The molecular formula is C11H21Cl2N3OS. The van der Waals surface area contributed by atoms with Gasteiger partial charge in [0.05, 0.1) is 16.2 Å². The molecule has 0 saturated carbocycles. The van der Waals surface area contributed by atoms with Crippen LogP contribution in [0.2, 0.25) is 0 Å². The highest BCUT2D eigenvalue weighted by Gasteiger charge is 2.21. The van der Waals surface area contributed by atoms with E-state index in [0.717, 1.165) is 17.1 Å². The van der Waals surface area contributed by atoms with Gasteiger partial charge in [-0.25, -0.2) is 4.98 Å². The Morgan fingerprint density at radius 2 is 1.94 bits per heavy atom. The first kappa shape index (κ1) is 20.0. The summed E-state index contributed by atoms with van der Waals surface area (Å²) < 4.78 is 0. The largest absolute Gasteiger partial charge is 0.354 e. The van der Waals surface area contributed by atoms with Gasteiger partial charge in [-0.05, 0) is 27.7 Å². The van der Waals surface area contributed by atoms with E-state index in [1.165, 1.54) is 4.88 Å². The highest BCUT2D eigenvalue weighted by molar-refractivity contribution is 7.11. The van der Waals surface area contributed by atoms with Crippen LogP contribution in [-0.2, 0) is 11.2 Å². The fourth-order valence-corrected chi connectivity index (χ4v) is 2.26. The molecule has 1 aromatic heterocycles. The van der Waals surface area contributed by atoms with Gasteiger partial charge >= 0.3 is 0 Å². The lowest BCUT2D eigenvalue weighted by molar-refractivity contribution is -0.125. The van der Waals surface area contributed by atoms with E-state index in [0.29, 0.717) is 6.54 Å². The molecule has 1 aromatic rings. The second-order valence-corrected chi connectivity index (χ2v) is 5.76. The van der Waals surface area contributed by atoms with Crippen LogP contribution in [-0.4, -0.2) is 23.0 Å². The number of nitrogens with two attached hydrogens (primary N) is 1. The molecule has 0 saturated heterocycles. The number of thiazole rings is 1. The highest BCUT2D eigenvalue weighted by Crippen LogP contribution is 2.17. The minimum Gasteiger partial charge on any atom is -0.354 e. The number of carbonyl (C=O) groups excluding carboxylic acids is 1.